The lowest BCUT2D eigenvalue weighted by Gasteiger charge is -2.12. The van der Waals surface area contributed by atoms with Crippen LogP contribution in [0.25, 0.3) is 22.3 Å². The van der Waals surface area contributed by atoms with Crippen LogP contribution in [0.15, 0.2) is 72.8 Å². The number of hydrogen-bond acceptors (Lipinski definition) is 5. The van der Waals surface area contributed by atoms with Crippen molar-refractivity contribution in [3.63, 3.8) is 0 Å². The Morgan fingerprint density at radius 1 is 0.786 bits per heavy atom. The van der Waals surface area contributed by atoms with Gasteiger partial charge in [-0.2, -0.15) is 4.98 Å². The normalized spacial score (nSPS) is 11.0. The predicted molar refractivity (Wildman–Crippen MR) is 109 cm³/mol. The van der Waals surface area contributed by atoms with Crippen molar-refractivity contribution in [2.75, 3.05) is 0 Å². The van der Waals surface area contributed by atoms with E-state index < -0.39 is 0 Å². The van der Waals surface area contributed by atoms with Crippen molar-refractivity contribution in [1.82, 2.24) is 9.97 Å². The quantitative estimate of drug-likeness (QED) is 0.495. The van der Waals surface area contributed by atoms with Crippen LogP contribution < -0.4 is 9.47 Å². The van der Waals surface area contributed by atoms with E-state index >= 15 is 0 Å². The standard InChI is InChI=1S/C23H20N2O3/c1-15(2)27-16-11-13-17(14-12-16)28-23-18-7-3-5-9-20(18)24-22(25-23)19-8-4-6-10-21(19)26/h3-15,26H,1-2H3. The average molecular weight is 372 g/mol. The highest BCUT2D eigenvalue weighted by Gasteiger charge is 2.13. The molecule has 0 unspecified atom stereocenters. The number of aromatic nitrogens is 2. The molecule has 5 nitrogen and oxygen atoms in total. The summed E-state index contributed by atoms with van der Waals surface area (Å²) in [5.74, 6) is 2.39. The molecule has 0 spiro atoms. The highest BCUT2D eigenvalue weighted by atomic mass is 16.5. The third-order valence-electron chi connectivity index (χ3n) is 4.12. The van der Waals surface area contributed by atoms with E-state index in [1.165, 1.54) is 0 Å². The highest BCUT2D eigenvalue weighted by molar-refractivity contribution is 5.85. The third kappa shape index (κ3) is 3.74. The predicted octanol–water partition coefficient (Wildman–Crippen LogP) is 5.58. The van der Waals surface area contributed by atoms with E-state index in [0.717, 1.165) is 16.7 Å². The zero-order chi connectivity index (χ0) is 19.5. The maximum atomic E-state index is 10.2. The molecule has 5 heteroatoms. The summed E-state index contributed by atoms with van der Waals surface area (Å²) in [4.78, 5) is 9.16. The Balaban J connectivity index is 1.74. The number of phenolic OH excluding ortho intramolecular Hbond substituents is 1. The van der Waals surface area contributed by atoms with Crippen molar-refractivity contribution in [2.24, 2.45) is 0 Å². The highest BCUT2D eigenvalue weighted by Crippen LogP contribution is 2.33. The fourth-order valence-corrected chi connectivity index (χ4v) is 2.88. The number of aromatic hydroxyl groups is 1. The van der Waals surface area contributed by atoms with Crippen molar-refractivity contribution >= 4 is 10.9 Å². The van der Waals surface area contributed by atoms with Gasteiger partial charge in [-0.3, -0.25) is 0 Å². The van der Waals surface area contributed by atoms with E-state index in [1.54, 1.807) is 18.2 Å². The Morgan fingerprint density at radius 2 is 1.46 bits per heavy atom. The number of phenols is 1. The van der Waals surface area contributed by atoms with E-state index in [4.69, 9.17) is 9.47 Å². The molecular weight excluding hydrogens is 352 g/mol. The van der Waals surface area contributed by atoms with Gasteiger partial charge in [0.05, 0.1) is 22.6 Å². The lowest BCUT2D eigenvalue weighted by molar-refractivity contribution is 0.242. The van der Waals surface area contributed by atoms with Crippen LogP contribution in [0.1, 0.15) is 13.8 Å². The minimum atomic E-state index is 0.110. The third-order valence-corrected chi connectivity index (χ3v) is 4.12. The van der Waals surface area contributed by atoms with Gasteiger partial charge in [-0.25, -0.2) is 4.98 Å². The second-order valence-electron chi connectivity index (χ2n) is 6.63. The van der Waals surface area contributed by atoms with Crippen LogP contribution >= 0.6 is 0 Å². The van der Waals surface area contributed by atoms with Crippen LogP contribution in [0.2, 0.25) is 0 Å². The molecule has 3 aromatic carbocycles. The maximum absolute atomic E-state index is 10.2. The molecule has 0 aliphatic rings. The molecule has 4 aromatic rings. The van der Waals surface area contributed by atoms with Crippen LogP contribution in [0.5, 0.6) is 23.1 Å². The molecule has 0 saturated heterocycles. The smallest absolute Gasteiger partial charge is 0.230 e. The second-order valence-corrected chi connectivity index (χ2v) is 6.63. The van der Waals surface area contributed by atoms with Crippen LogP contribution in [0.4, 0.5) is 0 Å². The van der Waals surface area contributed by atoms with Gasteiger partial charge < -0.3 is 14.6 Å². The topological polar surface area (TPSA) is 64.5 Å². The summed E-state index contributed by atoms with van der Waals surface area (Å²) >= 11 is 0. The summed E-state index contributed by atoms with van der Waals surface area (Å²) in [5.41, 5.74) is 1.30. The van der Waals surface area contributed by atoms with E-state index in [9.17, 15) is 5.11 Å². The molecular formula is C23H20N2O3. The molecule has 28 heavy (non-hydrogen) atoms. The molecule has 0 fully saturated rings. The van der Waals surface area contributed by atoms with Crippen molar-refractivity contribution in [2.45, 2.75) is 20.0 Å². The van der Waals surface area contributed by atoms with Gasteiger partial charge >= 0.3 is 0 Å². The SMILES string of the molecule is CC(C)Oc1ccc(Oc2nc(-c3ccccc3O)nc3ccccc23)cc1. The Morgan fingerprint density at radius 3 is 2.21 bits per heavy atom. The number of nitrogens with zero attached hydrogens (tertiary/aromatic N) is 2. The molecule has 0 amide bonds. The molecule has 140 valence electrons. The molecule has 4 rings (SSSR count). The van der Waals surface area contributed by atoms with Gasteiger partial charge in [0.2, 0.25) is 5.88 Å². The van der Waals surface area contributed by atoms with Crippen LogP contribution in [-0.2, 0) is 0 Å². The second kappa shape index (κ2) is 7.56. The Labute approximate surface area is 163 Å². The van der Waals surface area contributed by atoms with Gasteiger partial charge in [-0.05, 0) is 62.4 Å². The molecule has 0 aliphatic carbocycles. The van der Waals surface area contributed by atoms with Crippen molar-refractivity contribution in [1.29, 1.82) is 0 Å². The first-order chi connectivity index (χ1) is 13.6. The number of rotatable bonds is 5. The molecule has 0 atom stereocenters. The summed E-state index contributed by atoms with van der Waals surface area (Å²) in [6.45, 7) is 3.97. The first-order valence-corrected chi connectivity index (χ1v) is 9.10. The van der Waals surface area contributed by atoms with Gasteiger partial charge in [0, 0.05) is 0 Å². The largest absolute Gasteiger partial charge is 0.507 e. The van der Waals surface area contributed by atoms with Crippen LogP contribution in [0.3, 0.4) is 0 Å². The van der Waals surface area contributed by atoms with Gasteiger partial charge in [-0.15, -0.1) is 0 Å². The molecule has 0 radical (unpaired) electrons. The van der Waals surface area contributed by atoms with Crippen molar-refractivity contribution in [3.05, 3.63) is 72.8 Å². The first-order valence-electron chi connectivity index (χ1n) is 9.10. The van der Waals surface area contributed by atoms with E-state index in [2.05, 4.69) is 9.97 Å². The Bertz CT molecular complexity index is 1110. The minimum Gasteiger partial charge on any atom is -0.507 e. The van der Waals surface area contributed by atoms with Gasteiger partial charge in [0.25, 0.3) is 0 Å². The van der Waals surface area contributed by atoms with E-state index in [-0.39, 0.29) is 11.9 Å². The van der Waals surface area contributed by atoms with Gasteiger partial charge in [-0.1, -0.05) is 24.3 Å². The number of ether oxygens (including phenoxy) is 2. The molecule has 0 saturated carbocycles. The van der Waals surface area contributed by atoms with Crippen LogP contribution in [0, 0.1) is 0 Å². The van der Waals surface area contributed by atoms with Crippen molar-refractivity contribution < 1.29 is 14.6 Å². The minimum absolute atomic E-state index is 0.110. The molecule has 1 N–H and O–H groups in total. The lowest BCUT2D eigenvalue weighted by Crippen LogP contribution is -2.05. The number of fused-ring (bicyclic) bond motifs is 1. The fourth-order valence-electron chi connectivity index (χ4n) is 2.88. The van der Waals surface area contributed by atoms with Gasteiger partial charge in [0.1, 0.15) is 17.2 Å². The van der Waals surface area contributed by atoms with Gasteiger partial charge in [0.15, 0.2) is 5.82 Å². The fraction of sp³-hybridized carbons (Fsp3) is 0.130. The number of para-hydroxylation sites is 2. The zero-order valence-electron chi connectivity index (χ0n) is 15.7. The summed E-state index contributed by atoms with van der Waals surface area (Å²) < 4.78 is 11.7. The first kappa shape index (κ1) is 17.8. The molecule has 0 bridgehead atoms. The molecule has 1 heterocycles. The lowest BCUT2D eigenvalue weighted by atomic mass is 10.1. The Hall–Kier alpha value is -3.60. The maximum Gasteiger partial charge on any atom is 0.230 e. The van der Waals surface area contributed by atoms with Crippen LogP contribution in [-0.4, -0.2) is 21.2 Å². The molecule has 1 aromatic heterocycles. The number of benzene rings is 3. The summed E-state index contributed by atoms with van der Waals surface area (Å²) in [7, 11) is 0. The number of hydrogen-bond donors (Lipinski definition) is 1. The van der Waals surface area contributed by atoms with E-state index in [0.29, 0.717) is 23.0 Å². The monoisotopic (exact) mass is 372 g/mol. The molecule has 0 aliphatic heterocycles. The van der Waals surface area contributed by atoms with E-state index in [1.807, 2.05) is 68.4 Å². The average Bonchev–Trinajstić information content (AvgIpc) is 2.69. The summed E-state index contributed by atoms with van der Waals surface area (Å²) in [5, 5.41) is 11.0. The summed E-state index contributed by atoms with van der Waals surface area (Å²) in [6.07, 6.45) is 0.110. The zero-order valence-corrected chi connectivity index (χ0v) is 15.7. The van der Waals surface area contributed by atoms with Crippen molar-refractivity contribution in [3.8, 4) is 34.5 Å². The summed E-state index contributed by atoms with van der Waals surface area (Å²) in [6, 6.07) is 22.0. The Kier molecular flexibility index (Phi) is 4.81.